The Morgan fingerprint density at radius 3 is 2.62 bits per heavy atom. The maximum absolute atomic E-state index is 12.9. The van der Waals surface area contributed by atoms with E-state index in [0.717, 1.165) is 24.9 Å². The van der Waals surface area contributed by atoms with Gasteiger partial charge in [0.1, 0.15) is 5.82 Å². The molecule has 1 aromatic carbocycles. The lowest BCUT2D eigenvalue weighted by Crippen LogP contribution is -2.44. The first kappa shape index (κ1) is 17.9. The van der Waals surface area contributed by atoms with Crippen LogP contribution in [-0.4, -0.2) is 41.9 Å². The molecule has 8 heteroatoms. The van der Waals surface area contributed by atoms with Crippen LogP contribution in [0.1, 0.15) is 24.8 Å². The summed E-state index contributed by atoms with van der Waals surface area (Å²) in [6.45, 7) is 1.50. The lowest BCUT2D eigenvalue weighted by atomic mass is 10.1. The number of hydrogen-bond donors (Lipinski definition) is 3. The summed E-state index contributed by atoms with van der Waals surface area (Å²) in [6.07, 6.45) is 1.63. The van der Waals surface area contributed by atoms with Crippen molar-refractivity contribution in [1.29, 1.82) is 0 Å². The van der Waals surface area contributed by atoms with Crippen LogP contribution in [0.15, 0.2) is 24.3 Å². The molecule has 1 heterocycles. The molecule has 4 N–H and O–H groups in total. The van der Waals surface area contributed by atoms with Gasteiger partial charge in [0.15, 0.2) is 0 Å². The molecule has 0 aromatic heterocycles. The smallest absolute Gasteiger partial charge is 0.318 e. The van der Waals surface area contributed by atoms with Gasteiger partial charge in [-0.2, -0.15) is 0 Å². The average molecular weight is 336 g/mol. The number of amides is 4. The van der Waals surface area contributed by atoms with Gasteiger partial charge in [0, 0.05) is 19.5 Å². The molecule has 0 radical (unpaired) electrons. The van der Waals surface area contributed by atoms with Gasteiger partial charge in [0.05, 0.1) is 6.04 Å². The molecule has 1 atom stereocenters. The molecule has 0 spiro atoms. The van der Waals surface area contributed by atoms with E-state index in [0.29, 0.717) is 6.54 Å². The number of nitrogens with one attached hydrogen (secondary N) is 2. The van der Waals surface area contributed by atoms with Crippen molar-refractivity contribution in [2.24, 2.45) is 5.73 Å². The van der Waals surface area contributed by atoms with Crippen LogP contribution in [0.3, 0.4) is 0 Å². The number of carbonyl (C=O) groups excluding carboxylic acids is 3. The van der Waals surface area contributed by atoms with Crippen LogP contribution in [0.2, 0.25) is 0 Å². The highest BCUT2D eigenvalue weighted by Gasteiger charge is 2.30. The Kier molecular flexibility index (Phi) is 6.25. The molecule has 2 rings (SSSR count). The molecule has 1 aromatic rings. The maximum Gasteiger partial charge on any atom is 0.318 e. The number of benzene rings is 1. The van der Waals surface area contributed by atoms with E-state index in [1.54, 1.807) is 12.1 Å². The minimum Gasteiger partial charge on any atom is -0.354 e. The van der Waals surface area contributed by atoms with Crippen molar-refractivity contribution in [3.8, 4) is 0 Å². The maximum atomic E-state index is 12.9. The second-order valence-corrected chi connectivity index (χ2v) is 5.71. The summed E-state index contributed by atoms with van der Waals surface area (Å²) in [7, 11) is 0. The summed E-state index contributed by atoms with van der Waals surface area (Å²) in [4.78, 5) is 36.1. The fourth-order valence-corrected chi connectivity index (χ4v) is 2.75. The first-order valence-electron chi connectivity index (χ1n) is 7.81. The zero-order valence-corrected chi connectivity index (χ0v) is 13.3. The molecule has 4 amide bonds. The van der Waals surface area contributed by atoms with E-state index >= 15 is 0 Å². The molecule has 1 aliphatic heterocycles. The molecule has 24 heavy (non-hydrogen) atoms. The minimum absolute atomic E-state index is 0.0145. The van der Waals surface area contributed by atoms with Crippen molar-refractivity contribution in [2.45, 2.75) is 31.8 Å². The largest absolute Gasteiger partial charge is 0.354 e. The number of primary amides is 1. The van der Waals surface area contributed by atoms with Crippen molar-refractivity contribution in [2.75, 3.05) is 13.1 Å². The lowest BCUT2D eigenvalue weighted by Gasteiger charge is -2.23. The molecule has 0 bridgehead atoms. The monoisotopic (exact) mass is 336 g/mol. The number of nitrogens with zero attached hydrogens (tertiary/aromatic N) is 1. The van der Waals surface area contributed by atoms with E-state index < -0.39 is 11.9 Å². The third kappa shape index (κ3) is 5.31. The fraction of sp³-hybridized carbons (Fsp3) is 0.438. The summed E-state index contributed by atoms with van der Waals surface area (Å²) >= 11 is 0. The second-order valence-electron chi connectivity index (χ2n) is 5.71. The van der Waals surface area contributed by atoms with Crippen molar-refractivity contribution >= 4 is 17.8 Å². The number of rotatable bonds is 6. The number of nitrogens with two attached hydrogens (primary N) is 1. The van der Waals surface area contributed by atoms with Gasteiger partial charge in [-0.3, -0.25) is 19.8 Å². The predicted molar refractivity (Wildman–Crippen MR) is 85.2 cm³/mol. The van der Waals surface area contributed by atoms with Gasteiger partial charge in [-0.05, 0) is 37.1 Å². The molecule has 0 aliphatic carbocycles. The van der Waals surface area contributed by atoms with Crippen LogP contribution < -0.4 is 16.4 Å². The van der Waals surface area contributed by atoms with E-state index in [9.17, 15) is 18.8 Å². The molecule has 1 saturated heterocycles. The van der Waals surface area contributed by atoms with Crippen LogP contribution in [0.5, 0.6) is 0 Å². The van der Waals surface area contributed by atoms with Gasteiger partial charge >= 0.3 is 6.03 Å². The zero-order chi connectivity index (χ0) is 17.5. The van der Waals surface area contributed by atoms with Crippen LogP contribution >= 0.6 is 0 Å². The van der Waals surface area contributed by atoms with Gasteiger partial charge in [-0.15, -0.1) is 0 Å². The molecule has 7 nitrogen and oxygen atoms in total. The van der Waals surface area contributed by atoms with Crippen molar-refractivity contribution in [3.05, 3.63) is 35.6 Å². The summed E-state index contributed by atoms with van der Waals surface area (Å²) in [5.74, 6) is -0.970. The van der Waals surface area contributed by atoms with Gasteiger partial charge < -0.3 is 11.1 Å². The summed E-state index contributed by atoms with van der Waals surface area (Å²) < 4.78 is 12.9. The molecule has 1 aliphatic rings. The summed E-state index contributed by atoms with van der Waals surface area (Å²) in [5.41, 5.74) is 5.78. The predicted octanol–water partition coefficient (Wildman–Crippen LogP) is 0.491. The minimum atomic E-state index is -0.910. The highest BCUT2D eigenvalue weighted by Crippen LogP contribution is 2.20. The third-order valence-electron chi connectivity index (χ3n) is 3.88. The van der Waals surface area contributed by atoms with Gasteiger partial charge in [-0.25, -0.2) is 9.18 Å². The lowest BCUT2D eigenvalue weighted by molar-refractivity contribution is -0.125. The van der Waals surface area contributed by atoms with E-state index in [1.165, 1.54) is 12.1 Å². The molecule has 0 unspecified atom stereocenters. The second kappa shape index (κ2) is 8.39. The number of imide groups is 1. The van der Waals surface area contributed by atoms with Gasteiger partial charge in [0.2, 0.25) is 11.8 Å². The first-order valence-corrected chi connectivity index (χ1v) is 7.81. The molecular weight excluding hydrogens is 315 g/mol. The zero-order valence-electron chi connectivity index (χ0n) is 13.3. The van der Waals surface area contributed by atoms with Crippen molar-refractivity contribution in [3.63, 3.8) is 0 Å². The first-order chi connectivity index (χ1) is 11.5. The number of urea groups is 1. The van der Waals surface area contributed by atoms with E-state index in [2.05, 4.69) is 5.32 Å². The number of carbonyl (C=O) groups is 3. The van der Waals surface area contributed by atoms with Crippen molar-refractivity contribution in [1.82, 2.24) is 15.5 Å². The highest BCUT2D eigenvalue weighted by atomic mass is 19.1. The standard InChI is InChI=1S/C16H21FN4O3/c17-12-5-3-11(4-6-12)10-21-9-1-2-13(21)15(23)19-8-7-14(22)20-16(18)24/h3-6,13H,1-2,7-10H2,(H,19,23)(H3,18,20,22,24)/t13-/m1/s1. The topological polar surface area (TPSA) is 105 Å². The Morgan fingerprint density at radius 1 is 1.25 bits per heavy atom. The highest BCUT2D eigenvalue weighted by molar-refractivity contribution is 5.93. The van der Waals surface area contributed by atoms with Crippen LogP contribution in [-0.2, 0) is 16.1 Å². The number of hydrogen-bond acceptors (Lipinski definition) is 4. The van der Waals surface area contributed by atoms with Crippen molar-refractivity contribution < 1.29 is 18.8 Å². The Balaban J connectivity index is 1.81. The quantitative estimate of drug-likeness (QED) is 0.703. The Bertz CT molecular complexity index is 606. The normalized spacial score (nSPS) is 17.5. The van der Waals surface area contributed by atoms with Gasteiger partial charge in [0.25, 0.3) is 0 Å². The number of halogens is 1. The van der Waals surface area contributed by atoms with Crippen LogP contribution in [0, 0.1) is 5.82 Å². The van der Waals surface area contributed by atoms with Gasteiger partial charge in [-0.1, -0.05) is 12.1 Å². The Morgan fingerprint density at radius 2 is 1.96 bits per heavy atom. The molecule has 1 fully saturated rings. The Labute approximate surface area is 139 Å². The molecule has 130 valence electrons. The fourth-order valence-electron chi connectivity index (χ4n) is 2.75. The average Bonchev–Trinajstić information content (AvgIpc) is 2.97. The van der Waals surface area contributed by atoms with E-state index in [1.807, 2.05) is 10.2 Å². The summed E-state index contributed by atoms with van der Waals surface area (Å²) in [6, 6.07) is 5.03. The van der Waals surface area contributed by atoms with E-state index in [-0.39, 0.29) is 30.7 Å². The molecule has 0 saturated carbocycles. The Hall–Kier alpha value is -2.48. The number of likely N-dealkylation sites (tertiary alicyclic amines) is 1. The van der Waals surface area contributed by atoms with Crippen LogP contribution in [0.25, 0.3) is 0 Å². The SMILES string of the molecule is NC(=O)NC(=O)CCNC(=O)[C@H]1CCCN1Cc1ccc(F)cc1. The molecular formula is C16H21FN4O3. The van der Waals surface area contributed by atoms with Crippen LogP contribution in [0.4, 0.5) is 9.18 Å². The van der Waals surface area contributed by atoms with E-state index in [4.69, 9.17) is 5.73 Å². The summed E-state index contributed by atoms with van der Waals surface area (Å²) in [5, 5.41) is 4.64. The third-order valence-corrected chi connectivity index (χ3v) is 3.88.